The Morgan fingerprint density at radius 3 is 2.61 bits per heavy atom. The molecular formula is C11H23N3O4. The highest BCUT2D eigenvalue weighted by Crippen LogP contribution is 1.84. The van der Waals surface area contributed by atoms with E-state index in [-0.39, 0.29) is 18.6 Å². The maximum Gasteiger partial charge on any atom is 0.243 e. The lowest BCUT2D eigenvalue weighted by molar-refractivity contribution is -0.124. The van der Waals surface area contributed by atoms with Gasteiger partial charge in [0.15, 0.2) is 0 Å². The SMILES string of the molecule is COCCCNC(=O)C(C)NCCOCC(N)=O. The number of nitrogens with one attached hydrogen (secondary N) is 2. The Morgan fingerprint density at radius 1 is 1.28 bits per heavy atom. The zero-order valence-electron chi connectivity index (χ0n) is 11.0. The summed E-state index contributed by atoms with van der Waals surface area (Å²) in [6.07, 6.45) is 0.788. The fourth-order valence-corrected chi connectivity index (χ4v) is 1.19. The van der Waals surface area contributed by atoms with Crippen LogP contribution >= 0.6 is 0 Å². The summed E-state index contributed by atoms with van der Waals surface area (Å²) in [5.41, 5.74) is 4.90. The van der Waals surface area contributed by atoms with Gasteiger partial charge < -0.3 is 25.8 Å². The molecule has 2 amide bonds. The molecule has 18 heavy (non-hydrogen) atoms. The number of hydrogen-bond acceptors (Lipinski definition) is 5. The predicted molar refractivity (Wildman–Crippen MR) is 67.0 cm³/mol. The summed E-state index contributed by atoms with van der Waals surface area (Å²) < 4.78 is 9.83. The molecule has 0 radical (unpaired) electrons. The van der Waals surface area contributed by atoms with Crippen molar-refractivity contribution in [3.8, 4) is 0 Å². The van der Waals surface area contributed by atoms with Gasteiger partial charge in [0, 0.05) is 26.8 Å². The van der Waals surface area contributed by atoms with Crippen LogP contribution in [0.4, 0.5) is 0 Å². The Bertz CT molecular complexity index is 248. The third-order valence-electron chi connectivity index (χ3n) is 2.16. The predicted octanol–water partition coefficient (Wildman–Crippen LogP) is -1.38. The molecule has 0 spiro atoms. The number of methoxy groups -OCH3 is 1. The minimum atomic E-state index is -0.501. The van der Waals surface area contributed by atoms with E-state index in [9.17, 15) is 9.59 Å². The van der Waals surface area contributed by atoms with Crippen LogP contribution in [0.1, 0.15) is 13.3 Å². The quantitative estimate of drug-likeness (QED) is 0.398. The zero-order chi connectivity index (χ0) is 13.8. The Morgan fingerprint density at radius 2 is 2.00 bits per heavy atom. The molecule has 0 fully saturated rings. The number of primary amides is 1. The molecule has 106 valence electrons. The maximum absolute atomic E-state index is 11.5. The topological polar surface area (TPSA) is 103 Å². The van der Waals surface area contributed by atoms with E-state index in [0.717, 1.165) is 6.42 Å². The minimum absolute atomic E-state index is 0.0685. The number of carbonyl (C=O) groups excluding carboxylic acids is 2. The average Bonchev–Trinajstić information content (AvgIpc) is 2.33. The van der Waals surface area contributed by atoms with Crippen molar-refractivity contribution in [3.05, 3.63) is 0 Å². The Balaban J connectivity index is 3.46. The molecule has 7 heteroatoms. The van der Waals surface area contributed by atoms with Crippen LogP contribution in [0.2, 0.25) is 0 Å². The number of nitrogens with two attached hydrogens (primary N) is 1. The van der Waals surface area contributed by atoms with Crippen molar-refractivity contribution in [3.63, 3.8) is 0 Å². The molecule has 1 atom stereocenters. The highest BCUT2D eigenvalue weighted by Gasteiger charge is 2.10. The first-order valence-corrected chi connectivity index (χ1v) is 5.94. The number of hydrogen-bond donors (Lipinski definition) is 3. The van der Waals surface area contributed by atoms with E-state index in [1.807, 2.05) is 0 Å². The van der Waals surface area contributed by atoms with E-state index >= 15 is 0 Å². The van der Waals surface area contributed by atoms with Gasteiger partial charge in [-0.05, 0) is 13.3 Å². The van der Waals surface area contributed by atoms with Crippen LogP contribution in [-0.2, 0) is 19.1 Å². The molecule has 0 heterocycles. The molecule has 7 nitrogen and oxygen atoms in total. The largest absolute Gasteiger partial charge is 0.385 e. The van der Waals surface area contributed by atoms with E-state index in [2.05, 4.69) is 10.6 Å². The van der Waals surface area contributed by atoms with E-state index in [0.29, 0.717) is 26.3 Å². The van der Waals surface area contributed by atoms with Crippen LogP contribution in [0.15, 0.2) is 0 Å². The molecule has 0 aliphatic carbocycles. The number of carbonyl (C=O) groups is 2. The maximum atomic E-state index is 11.5. The second kappa shape index (κ2) is 10.9. The fourth-order valence-electron chi connectivity index (χ4n) is 1.19. The highest BCUT2D eigenvalue weighted by molar-refractivity contribution is 5.81. The molecule has 0 rings (SSSR count). The van der Waals surface area contributed by atoms with Crippen molar-refractivity contribution in [2.75, 3.05) is 40.0 Å². The standard InChI is InChI=1S/C11H23N3O4/c1-9(11(16)14-4-3-6-17-2)13-5-7-18-8-10(12)15/h9,13H,3-8H2,1-2H3,(H2,12,15)(H,14,16). The van der Waals surface area contributed by atoms with Crippen LogP contribution in [0.3, 0.4) is 0 Å². The van der Waals surface area contributed by atoms with Crippen LogP contribution in [0.25, 0.3) is 0 Å². The van der Waals surface area contributed by atoms with Gasteiger partial charge >= 0.3 is 0 Å². The summed E-state index contributed by atoms with van der Waals surface area (Å²) in [7, 11) is 1.62. The molecule has 0 aromatic rings. The number of ether oxygens (including phenoxy) is 2. The van der Waals surface area contributed by atoms with Crippen molar-refractivity contribution in [1.82, 2.24) is 10.6 Å². The van der Waals surface area contributed by atoms with E-state index in [1.54, 1.807) is 14.0 Å². The molecular weight excluding hydrogens is 238 g/mol. The van der Waals surface area contributed by atoms with Gasteiger partial charge in [-0.25, -0.2) is 0 Å². The lowest BCUT2D eigenvalue weighted by Crippen LogP contribution is -2.43. The van der Waals surface area contributed by atoms with Crippen molar-refractivity contribution in [2.24, 2.45) is 5.73 Å². The Kier molecular flexibility index (Phi) is 10.2. The van der Waals surface area contributed by atoms with E-state index < -0.39 is 5.91 Å². The van der Waals surface area contributed by atoms with Crippen LogP contribution in [0, 0.1) is 0 Å². The van der Waals surface area contributed by atoms with E-state index in [4.69, 9.17) is 15.2 Å². The number of rotatable bonds is 11. The summed E-state index contributed by atoms with van der Waals surface area (Å²) in [5.74, 6) is -0.570. The molecule has 0 saturated heterocycles. The van der Waals surface area contributed by atoms with Crippen LogP contribution in [-0.4, -0.2) is 57.9 Å². The fraction of sp³-hybridized carbons (Fsp3) is 0.818. The lowest BCUT2D eigenvalue weighted by atomic mass is 10.3. The highest BCUT2D eigenvalue weighted by atomic mass is 16.5. The van der Waals surface area contributed by atoms with Gasteiger partial charge in [0.25, 0.3) is 0 Å². The van der Waals surface area contributed by atoms with Gasteiger partial charge in [0.1, 0.15) is 6.61 Å². The van der Waals surface area contributed by atoms with Crippen molar-refractivity contribution in [1.29, 1.82) is 0 Å². The Hall–Kier alpha value is -1.18. The summed E-state index contributed by atoms with van der Waals surface area (Å²) >= 11 is 0. The number of amides is 2. The molecule has 0 aromatic carbocycles. The first-order chi connectivity index (χ1) is 8.57. The Labute approximate surface area is 107 Å². The monoisotopic (exact) mass is 261 g/mol. The molecule has 1 unspecified atom stereocenters. The third kappa shape index (κ3) is 10.0. The molecule has 0 aliphatic rings. The molecule has 4 N–H and O–H groups in total. The van der Waals surface area contributed by atoms with Gasteiger partial charge in [0.05, 0.1) is 12.6 Å². The summed E-state index contributed by atoms with van der Waals surface area (Å²) in [5, 5.41) is 5.76. The van der Waals surface area contributed by atoms with Gasteiger partial charge in [0.2, 0.25) is 11.8 Å². The summed E-state index contributed by atoms with van der Waals surface area (Å²) in [6, 6.07) is -0.301. The normalized spacial score (nSPS) is 12.1. The first-order valence-electron chi connectivity index (χ1n) is 5.94. The molecule has 0 bridgehead atoms. The van der Waals surface area contributed by atoms with Crippen LogP contribution < -0.4 is 16.4 Å². The smallest absolute Gasteiger partial charge is 0.243 e. The van der Waals surface area contributed by atoms with Gasteiger partial charge in [-0.1, -0.05) is 0 Å². The summed E-state index contributed by atoms with van der Waals surface area (Å²) in [4.78, 5) is 21.9. The van der Waals surface area contributed by atoms with Gasteiger partial charge in [-0.3, -0.25) is 9.59 Å². The molecule has 0 aliphatic heterocycles. The lowest BCUT2D eigenvalue weighted by Gasteiger charge is -2.13. The first kappa shape index (κ1) is 16.8. The second-order valence-corrected chi connectivity index (χ2v) is 3.83. The van der Waals surface area contributed by atoms with Crippen molar-refractivity contribution >= 4 is 11.8 Å². The van der Waals surface area contributed by atoms with Crippen molar-refractivity contribution in [2.45, 2.75) is 19.4 Å². The van der Waals surface area contributed by atoms with Gasteiger partial charge in [-0.2, -0.15) is 0 Å². The van der Waals surface area contributed by atoms with E-state index in [1.165, 1.54) is 0 Å². The third-order valence-corrected chi connectivity index (χ3v) is 2.16. The molecule has 0 saturated carbocycles. The van der Waals surface area contributed by atoms with Crippen LogP contribution in [0.5, 0.6) is 0 Å². The second-order valence-electron chi connectivity index (χ2n) is 3.83. The molecule has 0 aromatic heterocycles. The zero-order valence-corrected chi connectivity index (χ0v) is 11.0. The van der Waals surface area contributed by atoms with Gasteiger partial charge in [-0.15, -0.1) is 0 Å². The summed E-state index contributed by atoms with van der Waals surface area (Å²) in [6.45, 7) is 3.71. The minimum Gasteiger partial charge on any atom is -0.385 e. The average molecular weight is 261 g/mol. The van der Waals surface area contributed by atoms with Crippen molar-refractivity contribution < 1.29 is 19.1 Å².